The number of anilines is 1. The maximum Gasteiger partial charge on any atom is 0.306 e. The van der Waals surface area contributed by atoms with E-state index in [1.54, 1.807) is 6.07 Å². The molecule has 1 aliphatic rings. The molecule has 1 fully saturated rings. The maximum absolute atomic E-state index is 11.1. The molecule has 1 aromatic rings. The van der Waals surface area contributed by atoms with Crippen LogP contribution in [0.2, 0.25) is 0 Å². The lowest BCUT2D eigenvalue weighted by atomic mass is 9.96. The van der Waals surface area contributed by atoms with E-state index in [9.17, 15) is 14.9 Å². The van der Waals surface area contributed by atoms with Gasteiger partial charge in [-0.3, -0.25) is 14.9 Å². The molecule has 2 atom stereocenters. The van der Waals surface area contributed by atoms with Crippen LogP contribution in [0.3, 0.4) is 0 Å². The van der Waals surface area contributed by atoms with Gasteiger partial charge in [-0.25, -0.2) is 0 Å². The molecule has 0 heterocycles. The number of carboxylic acid groups (broad SMARTS) is 1. The summed E-state index contributed by atoms with van der Waals surface area (Å²) in [6, 6.07) is 4.63. The Morgan fingerprint density at radius 2 is 2.25 bits per heavy atom. The molecule has 2 N–H and O–H groups in total. The lowest BCUT2D eigenvalue weighted by Crippen LogP contribution is -2.24. The minimum Gasteiger partial charge on any atom is -0.481 e. The minimum atomic E-state index is -0.729. The molecule has 7 heteroatoms. The molecule has 1 saturated carbocycles. The fourth-order valence-electron chi connectivity index (χ4n) is 2.61. The topological polar surface area (TPSA) is 92.5 Å². The van der Waals surface area contributed by atoms with Crippen molar-refractivity contribution in [3.8, 4) is 0 Å². The highest BCUT2D eigenvalue weighted by molar-refractivity contribution is 14.1. The van der Waals surface area contributed by atoms with Crippen molar-refractivity contribution in [1.82, 2.24) is 0 Å². The zero-order valence-electron chi connectivity index (χ0n) is 10.7. The summed E-state index contributed by atoms with van der Waals surface area (Å²) in [5.41, 5.74) is 0.872. The van der Waals surface area contributed by atoms with E-state index in [1.165, 1.54) is 12.1 Å². The van der Waals surface area contributed by atoms with Gasteiger partial charge in [-0.15, -0.1) is 0 Å². The van der Waals surface area contributed by atoms with Crippen molar-refractivity contribution < 1.29 is 14.8 Å². The Labute approximate surface area is 129 Å². The van der Waals surface area contributed by atoms with Gasteiger partial charge in [0.05, 0.1) is 10.8 Å². The van der Waals surface area contributed by atoms with Crippen LogP contribution >= 0.6 is 22.6 Å². The summed E-state index contributed by atoms with van der Waals surface area (Å²) < 4.78 is 0.765. The summed E-state index contributed by atoms with van der Waals surface area (Å²) in [5.74, 6) is -0.885. The van der Waals surface area contributed by atoms with Gasteiger partial charge in [-0.05, 0) is 47.4 Å². The number of carboxylic acids is 1. The smallest absolute Gasteiger partial charge is 0.306 e. The molecule has 1 aromatic carbocycles. The molecule has 0 saturated heterocycles. The Kier molecular flexibility index (Phi) is 4.79. The van der Waals surface area contributed by atoms with E-state index in [0.29, 0.717) is 6.54 Å². The van der Waals surface area contributed by atoms with Crippen LogP contribution in [-0.2, 0) is 4.79 Å². The Bertz CT molecular complexity index is 535. The quantitative estimate of drug-likeness (QED) is 0.458. The molecule has 20 heavy (non-hydrogen) atoms. The number of rotatable bonds is 5. The van der Waals surface area contributed by atoms with Crippen molar-refractivity contribution in [2.24, 2.45) is 11.8 Å². The third-order valence-electron chi connectivity index (χ3n) is 3.69. The third-order valence-corrected chi connectivity index (χ3v) is 4.59. The number of benzene rings is 1. The zero-order valence-corrected chi connectivity index (χ0v) is 12.9. The van der Waals surface area contributed by atoms with Crippen molar-refractivity contribution in [2.45, 2.75) is 19.3 Å². The van der Waals surface area contributed by atoms with Gasteiger partial charge in [0.15, 0.2) is 0 Å². The first-order chi connectivity index (χ1) is 9.49. The predicted molar refractivity (Wildman–Crippen MR) is 82.8 cm³/mol. The Morgan fingerprint density at radius 3 is 2.85 bits per heavy atom. The predicted octanol–water partition coefficient (Wildman–Crippen LogP) is 3.11. The van der Waals surface area contributed by atoms with Crippen molar-refractivity contribution in [1.29, 1.82) is 0 Å². The summed E-state index contributed by atoms with van der Waals surface area (Å²) in [4.78, 5) is 21.3. The number of carbonyl (C=O) groups is 1. The highest BCUT2D eigenvalue weighted by atomic mass is 127. The first-order valence-corrected chi connectivity index (χ1v) is 7.47. The van der Waals surface area contributed by atoms with E-state index < -0.39 is 10.9 Å². The standard InChI is InChI=1S/C13H15IN2O4/c14-11-6-9(16(19)20)4-5-12(11)15-7-8-2-1-3-10(8)13(17)18/h4-6,8,10,15H,1-3,7H2,(H,17,18). The molecule has 0 amide bonds. The van der Waals surface area contributed by atoms with Crippen LogP contribution in [0.5, 0.6) is 0 Å². The first-order valence-electron chi connectivity index (χ1n) is 6.39. The summed E-state index contributed by atoms with van der Waals surface area (Å²) in [5, 5.41) is 23.0. The van der Waals surface area contributed by atoms with Crippen LogP contribution < -0.4 is 5.32 Å². The molecule has 0 spiro atoms. The number of nitro groups is 1. The van der Waals surface area contributed by atoms with Crippen molar-refractivity contribution in [3.05, 3.63) is 31.9 Å². The number of nitro benzene ring substituents is 1. The van der Waals surface area contributed by atoms with Crippen molar-refractivity contribution in [2.75, 3.05) is 11.9 Å². The fraction of sp³-hybridized carbons (Fsp3) is 0.462. The maximum atomic E-state index is 11.1. The summed E-state index contributed by atoms with van der Waals surface area (Å²) in [6.45, 7) is 0.588. The van der Waals surface area contributed by atoms with E-state index in [2.05, 4.69) is 5.32 Å². The van der Waals surface area contributed by atoms with E-state index in [1.807, 2.05) is 22.6 Å². The number of non-ortho nitro benzene ring substituents is 1. The number of nitrogens with zero attached hydrogens (tertiary/aromatic N) is 1. The molecular weight excluding hydrogens is 375 g/mol. The lowest BCUT2D eigenvalue weighted by Gasteiger charge is -2.17. The second-order valence-electron chi connectivity index (χ2n) is 4.94. The summed E-state index contributed by atoms with van der Waals surface area (Å²) >= 11 is 2.04. The number of halogens is 1. The molecule has 2 unspecified atom stereocenters. The van der Waals surface area contributed by atoms with Gasteiger partial charge in [0.25, 0.3) is 5.69 Å². The van der Waals surface area contributed by atoms with Gasteiger partial charge in [0.1, 0.15) is 0 Å². The number of hydrogen-bond donors (Lipinski definition) is 2. The van der Waals surface area contributed by atoms with Gasteiger partial charge in [0, 0.05) is 27.9 Å². The van der Waals surface area contributed by atoms with Gasteiger partial charge >= 0.3 is 5.97 Å². The lowest BCUT2D eigenvalue weighted by molar-refractivity contribution is -0.384. The molecule has 0 bridgehead atoms. The SMILES string of the molecule is O=C(O)C1CCCC1CNc1ccc([N+](=O)[O-])cc1I. The van der Waals surface area contributed by atoms with Gasteiger partial charge in [-0.2, -0.15) is 0 Å². The van der Waals surface area contributed by atoms with Crippen LogP contribution in [0, 0.1) is 25.5 Å². The second-order valence-corrected chi connectivity index (χ2v) is 6.10. The van der Waals surface area contributed by atoms with E-state index >= 15 is 0 Å². The second kappa shape index (κ2) is 6.38. The summed E-state index contributed by atoms with van der Waals surface area (Å²) in [7, 11) is 0. The average Bonchev–Trinajstić information content (AvgIpc) is 2.85. The van der Waals surface area contributed by atoms with Crippen LogP contribution in [-0.4, -0.2) is 22.5 Å². The Hall–Kier alpha value is -1.38. The highest BCUT2D eigenvalue weighted by Crippen LogP contribution is 2.32. The first kappa shape index (κ1) is 15.0. The number of hydrogen-bond acceptors (Lipinski definition) is 4. The Balaban J connectivity index is 2.00. The Morgan fingerprint density at radius 1 is 1.50 bits per heavy atom. The summed E-state index contributed by atoms with van der Waals surface area (Å²) in [6.07, 6.45) is 2.59. The van der Waals surface area contributed by atoms with E-state index in [0.717, 1.165) is 28.5 Å². The fourth-order valence-corrected chi connectivity index (χ4v) is 3.30. The van der Waals surface area contributed by atoms with Gasteiger partial charge < -0.3 is 10.4 Å². The van der Waals surface area contributed by atoms with Crippen LogP contribution in [0.15, 0.2) is 18.2 Å². The van der Waals surface area contributed by atoms with E-state index in [4.69, 9.17) is 5.11 Å². The molecule has 0 aliphatic heterocycles. The molecule has 6 nitrogen and oxygen atoms in total. The molecule has 108 valence electrons. The monoisotopic (exact) mass is 390 g/mol. The molecule has 1 aliphatic carbocycles. The van der Waals surface area contributed by atoms with Gasteiger partial charge in [0.2, 0.25) is 0 Å². The molecule has 0 radical (unpaired) electrons. The highest BCUT2D eigenvalue weighted by Gasteiger charge is 2.32. The normalized spacial score (nSPS) is 21.6. The number of nitrogens with one attached hydrogen (secondary N) is 1. The van der Waals surface area contributed by atoms with Crippen LogP contribution in [0.4, 0.5) is 11.4 Å². The van der Waals surface area contributed by atoms with Crippen LogP contribution in [0.25, 0.3) is 0 Å². The van der Waals surface area contributed by atoms with Gasteiger partial charge in [-0.1, -0.05) is 6.42 Å². The molecule has 0 aromatic heterocycles. The van der Waals surface area contributed by atoms with Crippen molar-refractivity contribution in [3.63, 3.8) is 0 Å². The average molecular weight is 390 g/mol. The molecule has 2 rings (SSSR count). The van der Waals surface area contributed by atoms with Crippen LogP contribution in [0.1, 0.15) is 19.3 Å². The third kappa shape index (κ3) is 3.38. The minimum absolute atomic E-state index is 0.0595. The largest absolute Gasteiger partial charge is 0.481 e. The van der Waals surface area contributed by atoms with E-state index in [-0.39, 0.29) is 17.5 Å². The number of aliphatic carboxylic acids is 1. The zero-order chi connectivity index (χ0) is 14.7. The molecular formula is C13H15IN2O4. The van der Waals surface area contributed by atoms with Crippen molar-refractivity contribution >= 4 is 39.9 Å².